The van der Waals surface area contributed by atoms with Gasteiger partial charge in [-0.05, 0) is 36.6 Å². The predicted octanol–water partition coefficient (Wildman–Crippen LogP) is 2.27. The normalized spacial score (nSPS) is 15.9. The Bertz CT molecular complexity index is 634. The molecule has 0 spiro atoms. The molecule has 122 valence electrons. The first-order valence-corrected chi connectivity index (χ1v) is 7.12. The van der Waals surface area contributed by atoms with Crippen molar-refractivity contribution in [1.82, 2.24) is 4.90 Å². The smallest absolute Gasteiger partial charge is 0.422 e. The van der Waals surface area contributed by atoms with Crippen LogP contribution in [0.4, 0.5) is 4.79 Å². The maximum absolute atomic E-state index is 12.1. The average Bonchev–Trinajstić information content (AvgIpc) is 2.79. The van der Waals surface area contributed by atoms with Crippen LogP contribution in [0.5, 0.6) is 5.75 Å². The lowest BCUT2D eigenvalue weighted by atomic mass is 10.2. The van der Waals surface area contributed by atoms with Crippen LogP contribution in [-0.4, -0.2) is 41.6 Å². The fraction of sp³-hybridized carbons (Fsp3) is 0.312. The number of carboxylic acids is 1. The van der Waals surface area contributed by atoms with Crippen LogP contribution in [0.1, 0.15) is 24.8 Å². The number of cyclic esters (lactones) is 1. The molecule has 0 aromatic heterocycles. The molecular formula is C16H17NO6. The number of benzene rings is 1. The fourth-order valence-electron chi connectivity index (χ4n) is 2.09. The van der Waals surface area contributed by atoms with Crippen LogP contribution in [0.25, 0.3) is 6.08 Å². The maximum atomic E-state index is 12.1. The molecule has 7 nitrogen and oxygen atoms in total. The number of carbonyl (C=O) groups excluding carboxylic acids is 2. The molecule has 0 atom stereocenters. The summed E-state index contributed by atoms with van der Waals surface area (Å²) in [6.07, 6.45) is 1.57. The Balaban J connectivity index is 1.99. The predicted molar refractivity (Wildman–Crippen MR) is 80.7 cm³/mol. The van der Waals surface area contributed by atoms with Gasteiger partial charge in [0.25, 0.3) is 5.91 Å². The molecule has 23 heavy (non-hydrogen) atoms. The van der Waals surface area contributed by atoms with E-state index in [4.69, 9.17) is 14.6 Å². The molecule has 1 saturated heterocycles. The number of amides is 2. The Hall–Kier alpha value is -2.83. The second-order valence-corrected chi connectivity index (χ2v) is 4.96. The van der Waals surface area contributed by atoms with E-state index in [0.717, 1.165) is 4.90 Å². The number of aliphatic carboxylic acids is 1. The Kier molecular flexibility index (Phi) is 5.35. The molecule has 1 aromatic rings. The minimum Gasteiger partial charge on any atom is -0.497 e. The van der Waals surface area contributed by atoms with Crippen molar-refractivity contribution < 1.29 is 29.0 Å². The highest BCUT2D eigenvalue weighted by Crippen LogP contribution is 2.21. The second-order valence-electron chi connectivity index (χ2n) is 4.96. The zero-order chi connectivity index (χ0) is 16.8. The van der Waals surface area contributed by atoms with E-state index in [2.05, 4.69) is 0 Å². The third-order valence-corrected chi connectivity index (χ3v) is 3.31. The lowest BCUT2D eigenvalue weighted by Crippen LogP contribution is -2.29. The van der Waals surface area contributed by atoms with Gasteiger partial charge in [0.15, 0.2) is 5.76 Å². The van der Waals surface area contributed by atoms with Gasteiger partial charge in [-0.3, -0.25) is 9.59 Å². The zero-order valence-electron chi connectivity index (χ0n) is 12.7. The summed E-state index contributed by atoms with van der Waals surface area (Å²) in [5, 5.41) is 8.56. The highest BCUT2D eigenvalue weighted by atomic mass is 16.6. The van der Waals surface area contributed by atoms with Crippen LogP contribution in [-0.2, 0) is 14.3 Å². The molecule has 2 rings (SSSR count). The Morgan fingerprint density at radius 2 is 1.96 bits per heavy atom. The summed E-state index contributed by atoms with van der Waals surface area (Å²) in [6, 6.07) is 6.94. The number of carbonyl (C=O) groups is 3. The van der Waals surface area contributed by atoms with E-state index in [9.17, 15) is 14.4 Å². The first kappa shape index (κ1) is 16.5. The quantitative estimate of drug-likeness (QED) is 0.612. The maximum Gasteiger partial charge on any atom is 0.422 e. The van der Waals surface area contributed by atoms with E-state index < -0.39 is 18.0 Å². The topological polar surface area (TPSA) is 93.1 Å². The minimum absolute atomic E-state index is 0.00558. The first-order valence-electron chi connectivity index (χ1n) is 7.12. The van der Waals surface area contributed by atoms with E-state index in [1.54, 1.807) is 31.4 Å². The van der Waals surface area contributed by atoms with E-state index in [-0.39, 0.29) is 18.7 Å². The molecular weight excluding hydrogens is 302 g/mol. The summed E-state index contributed by atoms with van der Waals surface area (Å²) in [5.41, 5.74) is 0.703. The van der Waals surface area contributed by atoms with E-state index in [0.29, 0.717) is 24.2 Å². The molecule has 7 heteroatoms. The molecule has 1 aliphatic heterocycles. The monoisotopic (exact) mass is 319 g/mol. The lowest BCUT2D eigenvalue weighted by molar-refractivity contribution is -0.137. The molecule has 0 unspecified atom stereocenters. The number of unbranched alkanes of at least 4 members (excludes halogenated alkanes) is 1. The number of ether oxygens (including phenoxy) is 2. The molecule has 1 heterocycles. The lowest BCUT2D eigenvalue weighted by Gasteiger charge is -2.08. The van der Waals surface area contributed by atoms with Gasteiger partial charge >= 0.3 is 12.1 Å². The molecule has 1 N–H and O–H groups in total. The van der Waals surface area contributed by atoms with Crippen LogP contribution < -0.4 is 4.74 Å². The summed E-state index contributed by atoms with van der Waals surface area (Å²) < 4.78 is 10.0. The summed E-state index contributed by atoms with van der Waals surface area (Å²) in [7, 11) is 1.55. The SMILES string of the molecule is COc1ccc(/C=C2\OC(=O)N(CCCCC(=O)O)C2=O)cc1. The molecule has 1 fully saturated rings. The summed E-state index contributed by atoms with van der Waals surface area (Å²) in [5.74, 6) is -0.776. The second kappa shape index (κ2) is 7.44. The fourth-order valence-corrected chi connectivity index (χ4v) is 2.09. The van der Waals surface area contributed by atoms with Crippen molar-refractivity contribution in [2.24, 2.45) is 0 Å². The van der Waals surface area contributed by atoms with Crippen molar-refractivity contribution in [3.63, 3.8) is 0 Å². The highest BCUT2D eigenvalue weighted by molar-refractivity contribution is 6.09. The highest BCUT2D eigenvalue weighted by Gasteiger charge is 2.35. The summed E-state index contributed by atoms with van der Waals surface area (Å²) in [6.45, 7) is 0.144. The zero-order valence-corrected chi connectivity index (χ0v) is 12.7. The van der Waals surface area contributed by atoms with E-state index >= 15 is 0 Å². The van der Waals surface area contributed by atoms with Crippen LogP contribution in [0.2, 0.25) is 0 Å². The molecule has 2 amide bonds. The van der Waals surface area contributed by atoms with Crippen molar-refractivity contribution in [3.8, 4) is 5.75 Å². The molecule has 0 saturated carbocycles. The van der Waals surface area contributed by atoms with Gasteiger partial charge in [0.1, 0.15) is 5.75 Å². The van der Waals surface area contributed by atoms with Crippen LogP contribution in [0.3, 0.4) is 0 Å². The van der Waals surface area contributed by atoms with Gasteiger partial charge in [0.2, 0.25) is 0 Å². The largest absolute Gasteiger partial charge is 0.497 e. The number of carboxylic acid groups (broad SMARTS) is 1. The van der Waals surface area contributed by atoms with E-state index in [1.165, 1.54) is 6.08 Å². The number of nitrogens with zero attached hydrogens (tertiary/aromatic N) is 1. The minimum atomic E-state index is -0.902. The Morgan fingerprint density at radius 3 is 2.57 bits per heavy atom. The number of hydrogen-bond donors (Lipinski definition) is 1. The van der Waals surface area contributed by atoms with Gasteiger partial charge in [0.05, 0.1) is 7.11 Å². The molecule has 0 radical (unpaired) electrons. The Labute approximate surface area is 133 Å². The van der Waals surface area contributed by atoms with Gasteiger partial charge in [-0.2, -0.15) is 0 Å². The van der Waals surface area contributed by atoms with Gasteiger partial charge in [0, 0.05) is 13.0 Å². The van der Waals surface area contributed by atoms with Crippen molar-refractivity contribution in [2.45, 2.75) is 19.3 Å². The van der Waals surface area contributed by atoms with Gasteiger partial charge in [-0.15, -0.1) is 0 Å². The standard InChI is InChI=1S/C16H17NO6/c1-22-12-7-5-11(6-8-12)10-13-15(20)17(16(21)23-13)9-3-2-4-14(18)19/h5-8,10H,2-4,9H2,1H3,(H,18,19)/b13-10-. The first-order chi connectivity index (χ1) is 11.0. The van der Waals surface area contributed by atoms with E-state index in [1.807, 2.05) is 0 Å². The molecule has 0 bridgehead atoms. The number of imide groups is 1. The van der Waals surface area contributed by atoms with Crippen LogP contribution in [0.15, 0.2) is 30.0 Å². The Morgan fingerprint density at radius 1 is 1.26 bits per heavy atom. The van der Waals surface area contributed by atoms with Gasteiger partial charge in [-0.1, -0.05) is 12.1 Å². The van der Waals surface area contributed by atoms with Crippen LogP contribution >= 0.6 is 0 Å². The molecule has 1 aromatic carbocycles. The van der Waals surface area contributed by atoms with Crippen molar-refractivity contribution in [1.29, 1.82) is 0 Å². The molecule has 0 aliphatic carbocycles. The van der Waals surface area contributed by atoms with Gasteiger partial charge in [-0.25, -0.2) is 9.69 Å². The number of methoxy groups -OCH3 is 1. The number of hydrogen-bond acceptors (Lipinski definition) is 5. The van der Waals surface area contributed by atoms with Crippen LogP contribution in [0, 0.1) is 0 Å². The summed E-state index contributed by atoms with van der Waals surface area (Å²) in [4.78, 5) is 35.3. The number of rotatable bonds is 7. The third-order valence-electron chi connectivity index (χ3n) is 3.31. The van der Waals surface area contributed by atoms with Crippen molar-refractivity contribution >= 4 is 24.0 Å². The summed E-state index contributed by atoms with van der Waals surface area (Å²) >= 11 is 0. The van der Waals surface area contributed by atoms with Crippen molar-refractivity contribution in [2.75, 3.05) is 13.7 Å². The van der Waals surface area contributed by atoms with Gasteiger partial charge < -0.3 is 14.6 Å². The van der Waals surface area contributed by atoms with Crippen molar-refractivity contribution in [3.05, 3.63) is 35.6 Å². The molecule has 1 aliphatic rings. The average molecular weight is 319 g/mol. The third kappa shape index (κ3) is 4.32.